The van der Waals surface area contributed by atoms with E-state index in [1.54, 1.807) is 6.20 Å². The van der Waals surface area contributed by atoms with Gasteiger partial charge in [0.2, 0.25) is 0 Å². The maximum absolute atomic E-state index is 11.9. The van der Waals surface area contributed by atoms with Crippen molar-refractivity contribution in [2.75, 3.05) is 5.32 Å². The normalized spacial score (nSPS) is 10.3. The van der Waals surface area contributed by atoms with E-state index in [1.165, 1.54) is 5.56 Å². The zero-order valence-electron chi connectivity index (χ0n) is 13.4. The molecule has 3 aromatic rings. The Balaban J connectivity index is 1.51. The zero-order chi connectivity index (χ0) is 16.6. The summed E-state index contributed by atoms with van der Waals surface area (Å²) >= 11 is 0. The fourth-order valence-corrected chi connectivity index (χ4v) is 2.46. The molecule has 2 amide bonds. The van der Waals surface area contributed by atoms with E-state index in [1.807, 2.05) is 54.7 Å². The van der Waals surface area contributed by atoms with Gasteiger partial charge in [-0.3, -0.25) is 0 Å². The van der Waals surface area contributed by atoms with E-state index in [0.717, 1.165) is 24.5 Å². The first-order valence-electron chi connectivity index (χ1n) is 7.95. The SMILES string of the molecule is O=C(NCc1nccn1CCc1ccccc1)Nc1ccccc1. The molecular formula is C19H20N4O. The topological polar surface area (TPSA) is 59.0 Å². The van der Waals surface area contributed by atoms with Gasteiger partial charge >= 0.3 is 6.03 Å². The minimum atomic E-state index is -0.237. The molecule has 0 fully saturated rings. The molecule has 0 unspecified atom stereocenters. The Morgan fingerprint density at radius 3 is 2.46 bits per heavy atom. The molecule has 0 spiro atoms. The molecule has 0 aliphatic carbocycles. The molecule has 5 nitrogen and oxygen atoms in total. The predicted octanol–water partition coefficient (Wildman–Crippen LogP) is 3.45. The van der Waals surface area contributed by atoms with Gasteiger partial charge in [-0.05, 0) is 24.1 Å². The molecule has 122 valence electrons. The molecule has 0 aliphatic rings. The number of rotatable bonds is 6. The second-order valence-electron chi connectivity index (χ2n) is 5.45. The van der Waals surface area contributed by atoms with Gasteiger partial charge in [-0.15, -0.1) is 0 Å². The lowest BCUT2D eigenvalue weighted by atomic mass is 10.1. The van der Waals surface area contributed by atoms with Crippen molar-refractivity contribution in [2.45, 2.75) is 19.5 Å². The first-order chi connectivity index (χ1) is 11.8. The van der Waals surface area contributed by atoms with Gasteiger partial charge in [0.25, 0.3) is 0 Å². The van der Waals surface area contributed by atoms with Gasteiger partial charge in [-0.2, -0.15) is 0 Å². The highest BCUT2D eigenvalue weighted by Gasteiger charge is 2.06. The van der Waals surface area contributed by atoms with Crippen LogP contribution in [0.3, 0.4) is 0 Å². The summed E-state index contributed by atoms with van der Waals surface area (Å²) in [6, 6.07) is 19.5. The lowest BCUT2D eigenvalue weighted by Gasteiger charge is -2.10. The summed E-state index contributed by atoms with van der Waals surface area (Å²) in [7, 11) is 0. The fraction of sp³-hybridized carbons (Fsp3) is 0.158. The van der Waals surface area contributed by atoms with E-state index >= 15 is 0 Å². The first-order valence-corrected chi connectivity index (χ1v) is 7.95. The van der Waals surface area contributed by atoms with Crippen molar-refractivity contribution < 1.29 is 4.79 Å². The lowest BCUT2D eigenvalue weighted by molar-refractivity contribution is 0.251. The number of aryl methyl sites for hydroxylation is 2. The van der Waals surface area contributed by atoms with Crippen LogP contribution in [-0.2, 0) is 19.5 Å². The number of para-hydroxylation sites is 1. The molecule has 0 saturated heterocycles. The smallest absolute Gasteiger partial charge is 0.319 e. The van der Waals surface area contributed by atoms with Crippen LogP contribution in [0.5, 0.6) is 0 Å². The Morgan fingerprint density at radius 2 is 1.71 bits per heavy atom. The Bertz CT molecular complexity index is 768. The van der Waals surface area contributed by atoms with E-state index in [2.05, 4.69) is 32.3 Å². The van der Waals surface area contributed by atoms with Crippen molar-refractivity contribution in [1.82, 2.24) is 14.9 Å². The molecule has 0 bridgehead atoms. The average Bonchev–Trinajstić information content (AvgIpc) is 3.07. The van der Waals surface area contributed by atoms with Crippen molar-refractivity contribution in [3.63, 3.8) is 0 Å². The third kappa shape index (κ3) is 4.46. The van der Waals surface area contributed by atoms with Gasteiger partial charge in [0.1, 0.15) is 5.82 Å². The van der Waals surface area contributed by atoms with Crippen molar-refractivity contribution in [2.24, 2.45) is 0 Å². The standard InChI is InChI=1S/C19H20N4O/c24-19(22-17-9-5-2-6-10-17)21-15-18-20-12-14-23(18)13-11-16-7-3-1-4-8-16/h1-10,12,14H,11,13,15H2,(H2,21,22,24). The third-order valence-corrected chi connectivity index (χ3v) is 3.72. The molecule has 0 radical (unpaired) electrons. The third-order valence-electron chi connectivity index (χ3n) is 3.72. The number of aromatic nitrogens is 2. The van der Waals surface area contributed by atoms with Crippen molar-refractivity contribution >= 4 is 11.7 Å². The van der Waals surface area contributed by atoms with E-state index in [9.17, 15) is 4.79 Å². The van der Waals surface area contributed by atoms with Gasteiger partial charge in [0.05, 0.1) is 6.54 Å². The Kier molecular flexibility index (Phi) is 5.24. The molecule has 3 rings (SSSR count). The molecule has 1 heterocycles. The second-order valence-corrected chi connectivity index (χ2v) is 5.45. The fourth-order valence-electron chi connectivity index (χ4n) is 2.46. The molecular weight excluding hydrogens is 300 g/mol. The Morgan fingerprint density at radius 1 is 1.00 bits per heavy atom. The number of nitrogens with zero attached hydrogens (tertiary/aromatic N) is 2. The summed E-state index contributed by atoms with van der Waals surface area (Å²) < 4.78 is 2.07. The molecule has 24 heavy (non-hydrogen) atoms. The minimum absolute atomic E-state index is 0.237. The summed E-state index contributed by atoms with van der Waals surface area (Å²) in [5, 5.41) is 5.63. The lowest BCUT2D eigenvalue weighted by Crippen LogP contribution is -2.29. The molecule has 0 atom stereocenters. The molecule has 0 aliphatic heterocycles. The first kappa shape index (κ1) is 15.8. The number of amides is 2. The molecule has 5 heteroatoms. The number of anilines is 1. The van der Waals surface area contributed by atoms with Crippen molar-refractivity contribution in [1.29, 1.82) is 0 Å². The van der Waals surface area contributed by atoms with Crippen molar-refractivity contribution in [3.8, 4) is 0 Å². The van der Waals surface area contributed by atoms with Gasteiger partial charge in [-0.25, -0.2) is 9.78 Å². The van der Waals surface area contributed by atoms with E-state index in [-0.39, 0.29) is 6.03 Å². The largest absolute Gasteiger partial charge is 0.333 e. The quantitative estimate of drug-likeness (QED) is 0.731. The molecule has 1 aromatic heterocycles. The summed E-state index contributed by atoms with van der Waals surface area (Å²) in [6.45, 7) is 1.22. The average molecular weight is 320 g/mol. The number of hydrogen-bond donors (Lipinski definition) is 2. The number of hydrogen-bond acceptors (Lipinski definition) is 2. The van der Waals surface area contributed by atoms with Crippen LogP contribution in [0.15, 0.2) is 73.1 Å². The van der Waals surface area contributed by atoms with Gasteiger partial charge < -0.3 is 15.2 Å². The van der Waals surface area contributed by atoms with Gasteiger partial charge in [-0.1, -0.05) is 48.5 Å². The van der Waals surface area contributed by atoms with Crippen LogP contribution >= 0.6 is 0 Å². The number of nitrogens with one attached hydrogen (secondary N) is 2. The number of carbonyl (C=O) groups excluding carboxylic acids is 1. The number of urea groups is 1. The maximum Gasteiger partial charge on any atom is 0.319 e. The second kappa shape index (κ2) is 7.97. The summed E-state index contributed by atoms with van der Waals surface area (Å²) in [6.07, 6.45) is 4.63. The van der Waals surface area contributed by atoms with Crippen LogP contribution in [0.4, 0.5) is 10.5 Å². The van der Waals surface area contributed by atoms with Crippen LogP contribution in [0.25, 0.3) is 0 Å². The van der Waals surface area contributed by atoms with Gasteiger partial charge in [0, 0.05) is 24.6 Å². The van der Waals surface area contributed by atoms with Crippen LogP contribution in [0, 0.1) is 0 Å². The summed E-state index contributed by atoms with van der Waals surface area (Å²) in [5.74, 6) is 0.842. The summed E-state index contributed by atoms with van der Waals surface area (Å²) in [5.41, 5.74) is 2.05. The number of carbonyl (C=O) groups is 1. The highest BCUT2D eigenvalue weighted by molar-refractivity contribution is 5.89. The maximum atomic E-state index is 11.9. The molecule has 0 saturated carbocycles. The number of imidazole rings is 1. The monoisotopic (exact) mass is 320 g/mol. The zero-order valence-corrected chi connectivity index (χ0v) is 13.4. The minimum Gasteiger partial charge on any atom is -0.333 e. The van der Waals surface area contributed by atoms with Crippen LogP contribution in [-0.4, -0.2) is 15.6 Å². The van der Waals surface area contributed by atoms with E-state index < -0.39 is 0 Å². The van der Waals surface area contributed by atoms with E-state index in [0.29, 0.717) is 6.54 Å². The Labute approximate surface area is 141 Å². The highest BCUT2D eigenvalue weighted by atomic mass is 16.2. The highest BCUT2D eigenvalue weighted by Crippen LogP contribution is 2.06. The number of benzene rings is 2. The van der Waals surface area contributed by atoms with Crippen LogP contribution in [0.1, 0.15) is 11.4 Å². The van der Waals surface area contributed by atoms with Crippen LogP contribution < -0.4 is 10.6 Å². The molecule has 2 aromatic carbocycles. The predicted molar refractivity (Wildman–Crippen MR) is 94.7 cm³/mol. The van der Waals surface area contributed by atoms with Crippen LogP contribution in [0.2, 0.25) is 0 Å². The van der Waals surface area contributed by atoms with Gasteiger partial charge in [0.15, 0.2) is 0 Å². The summed E-state index contributed by atoms with van der Waals surface area (Å²) in [4.78, 5) is 16.3. The van der Waals surface area contributed by atoms with Crippen molar-refractivity contribution in [3.05, 3.63) is 84.4 Å². The van der Waals surface area contributed by atoms with E-state index in [4.69, 9.17) is 0 Å². The Hall–Kier alpha value is -3.08. The molecule has 2 N–H and O–H groups in total.